The summed E-state index contributed by atoms with van der Waals surface area (Å²) in [5.74, 6) is -2.42. The molecule has 0 saturated carbocycles. The predicted molar refractivity (Wildman–Crippen MR) is 82.3 cm³/mol. The van der Waals surface area contributed by atoms with Crippen LogP contribution in [0.25, 0.3) is 0 Å². The lowest BCUT2D eigenvalue weighted by Gasteiger charge is -2.19. The second-order valence-electron chi connectivity index (χ2n) is 5.02. The highest BCUT2D eigenvalue weighted by atomic mass is 16.5. The molecule has 0 radical (unpaired) electrons. The van der Waals surface area contributed by atoms with Crippen molar-refractivity contribution in [3.8, 4) is 0 Å². The third-order valence-electron chi connectivity index (χ3n) is 3.60. The zero-order valence-corrected chi connectivity index (χ0v) is 14.0. The first-order chi connectivity index (χ1) is 10.8. The van der Waals surface area contributed by atoms with Crippen molar-refractivity contribution in [3.63, 3.8) is 0 Å². The molecule has 1 heterocycles. The average molecular weight is 326 g/mol. The third kappa shape index (κ3) is 3.88. The van der Waals surface area contributed by atoms with Crippen LogP contribution in [0.4, 0.5) is 0 Å². The van der Waals surface area contributed by atoms with Crippen LogP contribution in [-0.2, 0) is 33.2 Å². The van der Waals surface area contributed by atoms with Crippen molar-refractivity contribution in [2.75, 3.05) is 13.2 Å². The summed E-state index contributed by atoms with van der Waals surface area (Å²) in [5, 5.41) is 0. The van der Waals surface area contributed by atoms with Crippen LogP contribution in [-0.4, -0.2) is 34.3 Å². The normalized spacial score (nSPS) is 11.9. The highest BCUT2D eigenvalue weighted by molar-refractivity contribution is 5.84. The van der Waals surface area contributed by atoms with Gasteiger partial charge in [0.15, 0.2) is 0 Å². The molecule has 0 spiro atoms. The summed E-state index contributed by atoms with van der Waals surface area (Å²) < 4.78 is 12.0. The molecular weight excluding hydrogens is 304 g/mol. The van der Waals surface area contributed by atoms with Crippen LogP contribution in [0.5, 0.6) is 0 Å². The van der Waals surface area contributed by atoms with E-state index in [0.717, 1.165) is 4.57 Å². The average Bonchev–Trinajstić information content (AvgIpc) is 2.50. The van der Waals surface area contributed by atoms with Crippen molar-refractivity contribution in [1.82, 2.24) is 9.13 Å². The molecule has 0 aliphatic heterocycles. The molecule has 1 atom stereocenters. The van der Waals surface area contributed by atoms with Crippen LogP contribution < -0.4 is 11.2 Å². The van der Waals surface area contributed by atoms with E-state index in [2.05, 4.69) is 0 Å². The fourth-order valence-electron chi connectivity index (χ4n) is 2.31. The Morgan fingerprint density at radius 3 is 2.13 bits per heavy atom. The molecule has 0 fully saturated rings. The monoisotopic (exact) mass is 326 g/mol. The number of nitrogens with zero attached hydrogens (tertiary/aromatic N) is 2. The van der Waals surface area contributed by atoms with Gasteiger partial charge < -0.3 is 14.0 Å². The molecule has 1 rings (SSSR count). The first-order valence-corrected chi connectivity index (χ1v) is 7.34. The summed E-state index contributed by atoms with van der Waals surface area (Å²) in [6, 6.07) is 0. The van der Waals surface area contributed by atoms with Gasteiger partial charge in [0.05, 0.1) is 31.1 Å². The second-order valence-corrected chi connectivity index (χ2v) is 5.02. The van der Waals surface area contributed by atoms with E-state index in [-0.39, 0.29) is 25.2 Å². The van der Waals surface area contributed by atoms with Gasteiger partial charge in [-0.3, -0.25) is 19.0 Å². The maximum atomic E-state index is 12.4. The summed E-state index contributed by atoms with van der Waals surface area (Å²) in [5.41, 5.74) is -0.732. The van der Waals surface area contributed by atoms with Gasteiger partial charge in [0.25, 0.3) is 5.56 Å². The predicted octanol–water partition coefficient (Wildman–Crippen LogP) is -0.00768. The molecular formula is C15H22N2O6. The third-order valence-corrected chi connectivity index (χ3v) is 3.60. The largest absolute Gasteiger partial charge is 0.466 e. The Hall–Kier alpha value is -2.38. The fourth-order valence-corrected chi connectivity index (χ4v) is 2.31. The summed E-state index contributed by atoms with van der Waals surface area (Å²) in [6.45, 7) is 5.11. The smallest absolute Gasteiger partial charge is 0.330 e. The van der Waals surface area contributed by atoms with Crippen LogP contribution >= 0.6 is 0 Å². The van der Waals surface area contributed by atoms with E-state index in [4.69, 9.17) is 9.47 Å². The highest BCUT2D eigenvalue weighted by Crippen LogP contribution is 2.21. The zero-order chi connectivity index (χ0) is 17.7. The van der Waals surface area contributed by atoms with E-state index in [9.17, 15) is 19.2 Å². The minimum atomic E-state index is -1.11. The van der Waals surface area contributed by atoms with Crippen molar-refractivity contribution < 1.29 is 19.1 Å². The molecule has 0 aliphatic rings. The van der Waals surface area contributed by atoms with Crippen LogP contribution in [0, 0.1) is 6.92 Å². The van der Waals surface area contributed by atoms with Crippen LogP contribution in [0.1, 0.15) is 37.4 Å². The lowest BCUT2D eigenvalue weighted by Crippen LogP contribution is -2.42. The van der Waals surface area contributed by atoms with E-state index in [1.165, 1.54) is 18.7 Å². The Morgan fingerprint density at radius 2 is 1.61 bits per heavy atom. The molecule has 23 heavy (non-hydrogen) atoms. The van der Waals surface area contributed by atoms with Gasteiger partial charge in [0.2, 0.25) is 0 Å². The Kier molecular flexibility index (Phi) is 6.29. The summed E-state index contributed by atoms with van der Waals surface area (Å²) in [4.78, 5) is 48.4. The Morgan fingerprint density at radius 1 is 1.04 bits per heavy atom. The highest BCUT2D eigenvalue weighted by Gasteiger charge is 2.31. The maximum Gasteiger partial charge on any atom is 0.330 e. The van der Waals surface area contributed by atoms with Gasteiger partial charge in [-0.25, -0.2) is 4.79 Å². The molecule has 1 aromatic heterocycles. The Labute approximate surface area is 133 Å². The molecule has 0 bridgehead atoms. The molecule has 0 saturated heterocycles. The molecule has 0 N–H and O–H groups in total. The standard InChI is InChI=1S/C15H22N2O6/c1-6-22-11(18)8-10(14(20)23-7-2)12-9(3)16(4)15(21)17(5)13(12)19/h10H,6-8H2,1-5H3/t10-/m0/s1. The van der Waals surface area contributed by atoms with E-state index < -0.39 is 29.1 Å². The molecule has 0 amide bonds. The number of hydrogen-bond donors (Lipinski definition) is 0. The molecule has 1 aromatic rings. The molecule has 0 unspecified atom stereocenters. The van der Waals surface area contributed by atoms with Gasteiger partial charge >= 0.3 is 17.6 Å². The van der Waals surface area contributed by atoms with Gasteiger partial charge in [0, 0.05) is 19.8 Å². The number of aromatic nitrogens is 2. The van der Waals surface area contributed by atoms with Crippen molar-refractivity contribution in [1.29, 1.82) is 0 Å². The van der Waals surface area contributed by atoms with Gasteiger partial charge in [-0.05, 0) is 20.8 Å². The van der Waals surface area contributed by atoms with Crippen LogP contribution in [0.2, 0.25) is 0 Å². The second kappa shape index (κ2) is 7.75. The lowest BCUT2D eigenvalue weighted by atomic mass is 9.95. The number of carbonyl (C=O) groups excluding carboxylic acids is 2. The molecule has 0 aromatic carbocycles. The van der Waals surface area contributed by atoms with Gasteiger partial charge in [-0.1, -0.05) is 0 Å². The Balaban J connectivity index is 3.49. The quantitative estimate of drug-likeness (QED) is 0.682. The first kappa shape index (κ1) is 18.7. The van der Waals surface area contributed by atoms with Crippen molar-refractivity contribution in [2.45, 2.75) is 33.1 Å². The number of carbonyl (C=O) groups is 2. The van der Waals surface area contributed by atoms with Gasteiger partial charge in [0.1, 0.15) is 0 Å². The summed E-state index contributed by atoms with van der Waals surface area (Å²) in [6.07, 6.45) is -0.318. The summed E-state index contributed by atoms with van der Waals surface area (Å²) >= 11 is 0. The number of esters is 2. The SMILES string of the molecule is CCOC(=O)C[C@H](C(=O)OCC)c1c(C)n(C)c(=O)n(C)c1=O. The number of hydrogen-bond acceptors (Lipinski definition) is 6. The van der Waals surface area contributed by atoms with Crippen LogP contribution in [0.3, 0.4) is 0 Å². The van der Waals surface area contributed by atoms with E-state index >= 15 is 0 Å². The van der Waals surface area contributed by atoms with E-state index in [0.29, 0.717) is 5.69 Å². The van der Waals surface area contributed by atoms with Gasteiger partial charge in [-0.2, -0.15) is 0 Å². The fraction of sp³-hybridized carbons (Fsp3) is 0.600. The lowest BCUT2D eigenvalue weighted by molar-refractivity contribution is -0.151. The molecule has 8 heteroatoms. The first-order valence-electron chi connectivity index (χ1n) is 7.34. The minimum Gasteiger partial charge on any atom is -0.466 e. The topological polar surface area (TPSA) is 96.6 Å². The van der Waals surface area contributed by atoms with E-state index in [1.807, 2.05) is 0 Å². The van der Waals surface area contributed by atoms with Crippen LogP contribution in [0.15, 0.2) is 9.59 Å². The Bertz CT molecular complexity index is 716. The van der Waals surface area contributed by atoms with Crippen molar-refractivity contribution in [2.24, 2.45) is 14.1 Å². The molecule has 8 nitrogen and oxygen atoms in total. The minimum absolute atomic E-state index is 0.0705. The number of ether oxygens (including phenoxy) is 2. The number of rotatable bonds is 6. The maximum absolute atomic E-state index is 12.4. The zero-order valence-electron chi connectivity index (χ0n) is 14.0. The van der Waals surface area contributed by atoms with Crippen molar-refractivity contribution in [3.05, 3.63) is 32.1 Å². The van der Waals surface area contributed by atoms with Crippen molar-refractivity contribution >= 4 is 11.9 Å². The van der Waals surface area contributed by atoms with Gasteiger partial charge in [-0.15, -0.1) is 0 Å². The molecule has 0 aliphatic carbocycles. The summed E-state index contributed by atoms with van der Waals surface area (Å²) in [7, 11) is 2.81. The van der Waals surface area contributed by atoms with E-state index in [1.54, 1.807) is 20.8 Å². The molecule has 128 valence electrons.